The van der Waals surface area contributed by atoms with Crippen LogP contribution in [0.3, 0.4) is 0 Å². The smallest absolute Gasteiger partial charge is 0.340 e. The van der Waals surface area contributed by atoms with E-state index in [2.05, 4.69) is 10.2 Å². The molecule has 17 heavy (non-hydrogen) atoms. The van der Waals surface area contributed by atoms with Crippen LogP contribution in [-0.2, 0) is 10.0 Å². The van der Waals surface area contributed by atoms with Gasteiger partial charge in [-0.2, -0.15) is 9.40 Å². The number of carboxylic acid groups (broad SMARTS) is 1. The molecule has 7 nitrogen and oxygen atoms in total. The molecule has 1 aromatic heterocycles. The Morgan fingerprint density at radius 3 is 2.71 bits per heavy atom. The predicted molar refractivity (Wildman–Crippen MR) is 60.2 cm³/mol. The topological polar surface area (TPSA) is 103 Å². The van der Waals surface area contributed by atoms with Crippen molar-refractivity contribution in [3.63, 3.8) is 0 Å². The number of hydrogen-bond donors (Lipinski definition) is 2. The van der Waals surface area contributed by atoms with Crippen LogP contribution < -0.4 is 0 Å². The molecular weight excluding hydrogens is 246 g/mol. The Balaban J connectivity index is 3.22. The first kappa shape index (κ1) is 13.7. The van der Waals surface area contributed by atoms with Crippen LogP contribution in [0, 0.1) is 0 Å². The molecule has 0 saturated carbocycles. The molecule has 0 fully saturated rings. The summed E-state index contributed by atoms with van der Waals surface area (Å²) in [5, 5.41) is 14.2. The highest BCUT2D eigenvalue weighted by atomic mass is 32.2. The molecule has 1 heterocycles. The SMILES string of the molecule is CCC(C)N(C)S(=O)(=O)c1[nH]ncc1C(=O)O. The lowest BCUT2D eigenvalue weighted by molar-refractivity contribution is 0.0692. The van der Waals surface area contributed by atoms with E-state index in [0.29, 0.717) is 6.42 Å². The standard InChI is InChI=1S/C9H15N3O4S/c1-4-6(2)12(3)17(15,16)8-7(9(13)14)5-10-11-8/h5-6H,4H2,1-3H3,(H,10,11)(H,13,14). The molecule has 0 spiro atoms. The molecule has 1 aromatic rings. The van der Waals surface area contributed by atoms with Crippen LogP contribution in [0.4, 0.5) is 0 Å². The van der Waals surface area contributed by atoms with Crippen LogP contribution in [0.25, 0.3) is 0 Å². The Morgan fingerprint density at radius 1 is 1.65 bits per heavy atom. The highest BCUT2D eigenvalue weighted by Gasteiger charge is 2.30. The average molecular weight is 261 g/mol. The number of nitrogens with zero attached hydrogens (tertiary/aromatic N) is 2. The van der Waals surface area contributed by atoms with Gasteiger partial charge in [0.25, 0.3) is 10.0 Å². The Kier molecular flexibility index (Phi) is 3.89. The molecule has 96 valence electrons. The minimum atomic E-state index is -3.85. The summed E-state index contributed by atoms with van der Waals surface area (Å²) >= 11 is 0. The maximum Gasteiger partial charge on any atom is 0.340 e. The molecule has 1 atom stereocenters. The fourth-order valence-corrected chi connectivity index (χ4v) is 2.76. The molecule has 0 aliphatic heterocycles. The van der Waals surface area contributed by atoms with Crippen LogP contribution in [-0.4, -0.2) is 47.1 Å². The molecule has 1 unspecified atom stereocenters. The van der Waals surface area contributed by atoms with E-state index in [1.54, 1.807) is 6.92 Å². The van der Waals surface area contributed by atoms with Crippen LogP contribution in [0.5, 0.6) is 0 Å². The zero-order chi connectivity index (χ0) is 13.2. The predicted octanol–water partition coefficient (Wildman–Crippen LogP) is 0.527. The first-order chi connectivity index (χ1) is 7.82. The first-order valence-electron chi connectivity index (χ1n) is 5.07. The molecule has 0 aliphatic rings. The highest BCUT2D eigenvalue weighted by Crippen LogP contribution is 2.19. The highest BCUT2D eigenvalue weighted by molar-refractivity contribution is 7.89. The van der Waals surface area contributed by atoms with Gasteiger partial charge in [0.15, 0.2) is 5.03 Å². The van der Waals surface area contributed by atoms with E-state index >= 15 is 0 Å². The lowest BCUT2D eigenvalue weighted by Gasteiger charge is -2.22. The number of H-pyrrole nitrogens is 1. The molecule has 0 radical (unpaired) electrons. The van der Waals surface area contributed by atoms with E-state index in [1.165, 1.54) is 7.05 Å². The Morgan fingerprint density at radius 2 is 2.24 bits per heavy atom. The summed E-state index contributed by atoms with van der Waals surface area (Å²) in [6.07, 6.45) is 1.62. The number of hydrogen-bond acceptors (Lipinski definition) is 4. The van der Waals surface area contributed by atoms with Gasteiger partial charge in [-0.05, 0) is 13.3 Å². The second-order valence-electron chi connectivity index (χ2n) is 3.70. The summed E-state index contributed by atoms with van der Waals surface area (Å²) in [6, 6.07) is -0.218. The van der Waals surface area contributed by atoms with Gasteiger partial charge in [-0.15, -0.1) is 0 Å². The van der Waals surface area contributed by atoms with Crippen LogP contribution in [0.2, 0.25) is 0 Å². The minimum Gasteiger partial charge on any atom is -0.478 e. The van der Waals surface area contributed by atoms with E-state index in [1.807, 2.05) is 6.92 Å². The molecular formula is C9H15N3O4S. The van der Waals surface area contributed by atoms with E-state index in [9.17, 15) is 13.2 Å². The van der Waals surface area contributed by atoms with Gasteiger partial charge in [0, 0.05) is 13.1 Å². The minimum absolute atomic E-state index is 0.218. The molecule has 2 N–H and O–H groups in total. The number of aromatic carboxylic acids is 1. The summed E-state index contributed by atoms with van der Waals surface area (Å²) < 4.78 is 25.4. The molecule has 0 aromatic carbocycles. The van der Waals surface area contributed by atoms with Crippen LogP contribution in [0.1, 0.15) is 30.6 Å². The molecule has 0 aliphatic carbocycles. The van der Waals surface area contributed by atoms with Crippen molar-refractivity contribution >= 4 is 16.0 Å². The third-order valence-electron chi connectivity index (χ3n) is 2.68. The van der Waals surface area contributed by atoms with Crippen molar-refractivity contribution in [3.05, 3.63) is 11.8 Å². The average Bonchev–Trinajstić information content (AvgIpc) is 2.76. The van der Waals surface area contributed by atoms with Gasteiger partial charge in [0.1, 0.15) is 5.56 Å². The zero-order valence-corrected chi connectivity index (χ0v) is 10.7. The van der Waals surface area contributed by atoms with Gasteiger partial charge >= 0.3 is 5.97 Å². The third kappa shape index (κ3) is 2.47. The quantitative estimate of drug-likeness (QED) is 0.804. The van der Waals surface area contributed by atoms with Crippen molar-refractivity contribution in [1.29, 1.82) is 0 Å². The number of sulfonamides is 1. The number of aromatic nitrogens is 2. The first-order valence-corrected chi connectivity index (χ1v) is 6.51. The van der Waals surface area contributed by atoms with Gasteiger partial charge in [-0.3, -0.25) is 5.10 Å². The summed E-state index contributed by atoms with van der Waals surface area (Å²) in [5.74, 6) is -1.32. The monoisotopic (exact) mass is 261 g/mol. The van der Waals surface area contributed by atoms with Crippen molar-refractivity contribution < 1.29 is 18.3 Å². The molecule has 8 heteroatoms. The number of aromatic amines is 1. The number of rotatable bonds is 5. The lowest BCUT2D eigenvalue weighted by Crippen LogP contribution is -2.35. The van der Waals surface area contributed by atoms with Gasteiger partial charge in [-0.25, -0.2) is 13.2 Å². The molecule has 0 bridgehead atoms. The molecule has 0 amide bonds. The number of nitrogens with one attached hydrogen (secondary N) is 1. The van der Waals surface area contributed by atoms with Crippen molar-refractivity contribution in [3.8, 4) is 0 Å². The van der Waals surface area contributed by atoms with Crippen molar-refractivity contribution in [2.24, 2.45) is 0 Å². The third-order valence-corrected chi connectivity index (χ3v) is 4.63. The Bertz CT molecular complexity index is 508. The molecule has 1 rings (SSSR count). The fourth-order valence-electron chi connectivity index (χ4n) is 1.26. The summed E-state index contributed by atoms with van der Waals surface area (Å²) in [5.41, 5.74) is -0.347. The Labute approximate surface area is 99.5 Å². The van der Waals surface area contributed by atoms with Crippen LogP contribution >= 0.6 is 0 Å². The maximum atomic E-state index is 12.1. The molecule has 0 saturated heterocycles. The van der Waals surface area contributed by atoms with E-state index in [4.69, 9.17) is 5.11 Å². The lowest BCUT2D eigenvalue weighted by atomic mass is 10.3. The van der Waals surface area contributed by atoms with Gasteiger partial charge in [0.05, 0.1) is 6.20 Å². The van der Waals surface area contributed by atoms with Crippen molar-refractivity contribution in [2.45, 2.75) is 31.3 Å². The largest absolute Gasteiger partial charge is 0.478 e. The van der Waals surface area contributed by atoms with E-state index < -0.39 is 16.0 Å². The van der Waals surface area contributed by atoms with Crippen LogP contribution in [0.15, 0.2) is 11.2 Å². The number of carbonyl (C=O) groups is 1. The van der Waals surface area contributed by atoms with E-state index in [0.717, 1.165) is 10.5 Å². The summed E-state index contributed by atoms with van der Waals surface area (Å²) in [4.78, 5) is 10.8. The summed E-state index contributed by atoms with van der Waals surface area (Å²) in [7, 11) is -2.44. The van der Waals surface area contributed by atoms with Crippen molar-refractivity contribution in [1.82, 2.24) is 14.5 Å². The van der Waals surface area contributed by atoms with Crippen molar-refractivity contribution in [2.75, 3.05) is 7.05 Å². The normalized spacial score (nSPS) is 13.9. The second kappa shape index (κ2) is 4.84. The Hall–Kier alpha value is -1.41. The van der Waals surface area contributed by atoms with Gasteiger partial charge < -0.3 is 5.11 Å². The fraction of sp³-hybridized carbons (Fsp3) is 0.556. The van der Waals surface area contributed by atoms with Gasteiger partial charge in [0.2, 0.25) is 0 Å². The summed E-state index contributed by atoms with van der Waals surface area (Å²) in [6.45, 7) is 3.59. The van der Waals surface area contributed by atoms with E-state index in [-0.39, 0.29) is 16.6 Å². The number of carboxylic acids is 1. The van der Waals surface area contributed by atoms with Gasteiger partial charge in [-0.1, -0.05) is 6.92 Å². The second-order valence-corrected chi connectivity index (χ2v) is 5.63. The zero-order valence-electron chi connectivity index (χ0n) is 9.84. The maximum absolute atomic E-state index is 12.1.